The van der Waals surface area contributed by atoms with E-state index in [1.165, 1.54) is 51.6 Å². The Morgan fingerprint density at radius 2 is 1.53 bits per heavy atom. The average Bonchev–Trinajstić information content (AvgIpc) is 2.29. The minimum absolute atomic E-state index is 0.373. The molecule has 1 nitrogen and oxygen atoms in total. The molecule has 1 saturated carbocycles. The van der Waals surface area contributed by atoms with Crippen LogP contribution in [0.4, 0.5) is 0 Å². The number of rotatable bonds is 1. The van der Waals surface area contributed by atoms with E-state index in [0.717, 1.165) is 10.7 Å². The first kappa shape index (κ1) is 13.7. The lowest BCUT2D eigenvalue weighted by Gasteiger charge is -2.49. The first-order chi connectivity index (χ1) is 7.95. The minimum atomic E-state index is 0.373. The Morgan fingerprint density at radius 3 is 1.94 bits per heavy atom. The normalized spacial score (nSPS) is 27.5. The van der Waals surface area contributed by atoms with Gasteiger partial charge in [0.05, 0.1) is 0 Å². The van der Waals surface area contributed by atoms with Crippen LogP contribution >= 0.6 is 11.8 Å². The molecule has 17 heavy (non-hydrogen) atoms. The van der Waals surface area contributed by atoms with Gasteiger partial charge in [0.1, 0.15) is 0 Å². The van der Waals surface area contributed by atoms with Gasteiger partial charge in [0.25, 0.3) is 0 Å². The average molecular weight is 255 g/mol. The molecule has 0 aromatic rings. The molecule has 1 aliphatic heterocycles. The van der Waals surface area contributed by atoms with Gasteiger partial charge >= 0.3 is 0 Å². The first-order valence-corrected chi connectivity index (χ1v) is 8.52. The molecule has 0 amide bonds. The molecule has 0 aromatic carbocycles. The van der Waals surface area contributed by atoms with Crippen molar-refractivity contribution in [3.8, 4) is 0 Å². The molecule has 2 rings (SSSR count). The molecule has 2 aliphatic rings. The smallest absolute Gasteiger partial charge is 0.0125 e. The van der Waals surface area contributed by atoms with Crippen LogP contribution in [0.3, 0.4) is 0 Å². The van der Waals surface area contributed by atoms with Crippen LogP contribution in [0, 0.1) is 5.41 Å². The van der Waals surface area contributed by atoms with Gasteiger partial charge in [-0.3, -0.25) is 4.90 Å². The summed E-state index contributed by atoms with van der Waals surface area (Å²) in [5, 5.41) is 0.960. The van der Waals surface area contributed by atoms with Crippen LogP contribution in [0.2, 0.25) is 0 Å². The number of nitrogens with zero attached hydrogens (tertiary/aromatic N) is 1. The highest BCUT2D eigenvalue weighted by molar-refractivity contribution is 7.99. The summed E-state index contributed by atoms with van der Waals surface area (Å²) < 4.78 is 0. The second-order valence-corrected chi connectivity index (χ2v) is 8.23. The monoisotopic (exact) mass is 255 g/mol. The van der Waals surface area contributed by atoms with E-state index in [-0.39, 0.29) is 0 Å². The fraction of sp³-hybridized carbons (Fsp3) is 1.00. The molecule has 0 N–H and O–H groups in total. The van der Waals surface area contributed by atoms with E-state index in [1.54, 1.807) is 0 Å². The topological polar surface area (TPSA) is 3.24 Å². The summed E-state index contributed by atoms with van der Waals surface area (Å²) in [7, 11) is 0. The lowest BCUT2D eigenvalue weighted by molar-refractivity contribution is 0.0231. The van der Waals surface area contributed by atoms with Crippen molar-refractivity contribution in [3.63, 3.8) is 0 Å². The van der Waals surface area contributed by atoms with Gasteiger partial charge in [0.2, 0.25) is 0 Å². The molecular formula is C15H29NS. The maximum atomic E-state index is 2.68. The van der Waals surface area contributed by atoms with Crippen LogP contribution in [0.25, 0.3) is 0 Å². The van der Waals surface area contributed by atoms with E-state index < -0.39 is 0 Å². The maximum absolute atomic E-state index is 2.68. The molecule has 1 spiro atoms. The summed E-state index contributed by atoms with van der Waals surface area (Å²) >= 11 is 2.09. The Hall–Kier alpha value is 0.310. The number of hydrogen-bond acceptors (Lipinski definition) is 2. The van der Waals surface area contributed by atoms with Gasteiger partial charge in [0.15, 0.2) is 0 Å². The number of piperidine rings is 1. The van der Waals surface area contributed by atoms with E-state index in [2.05, 4.69) is 43.7 Å². The molecule has 0 radical (unpaired) electrons. The van der Waals surface area contributed by atoms with E-state index >= 15 is 0 Å². The summed E-state index contributed by atoms with van der Waals surface area (Å²) in [6.07, 6.45) is 11.1. The fourth-order valence-corrected chi connectivity index (χ4v) is 4.30. The van der Waals surface area contributed by atoms with Crippen molar-refractivity contribution in [2.45, 2.75) is 70.1 Å². The summed E-state index contributed by atoms with van der Waals surface area (Å²) in [5.74, 6) is 0. The fourth-order valence-electron chi connectivity index (χ4n) is 3.59. The number of thioether (sulfide) groups is 1. The van der Waals surface area contributed by atoms with Crippen molar-refractivity contribution in [1.29, 1.82) is 0 Å². The SMILES string of the molecule is CSC1CCC2(CC1)CCN(C(C)(C)C)CC2. The van der Waals surface area contributed by atoms with Gasteiger partial charge in [0, 0.05) is 10.8 Å². The van der Waals surface area contributed by atoms with E-state index in [4.69, 9.17) is 0 Å². The van der Waals surface area contributed by atoms with Gasteiger partial charge < -0.3 is 0 Å². The van der Waals surface area contributed by atoms with Gasteiger partial charge in [-0.05, 0) is 84.1 Å². The summed E-state index contributed by atoms with van der Waals surface area (Å²) in [5.41, 5.74) is 1.10. The molecule has 1 saturated heterocycles. The van der Waals surface area contributed by atoms with E-state index in [9.17, 15) is 0 Å². The molecule has 2 heteroatoms. The van der Waals surface area contributed by atoms with Crippen molar-refractivity contribution in [2.24, 2.45) is 5.41 Å². The van der Waals surface area contributed by atoms with Crippen LogP contribution in [0.15, 0.2) is 0 Å². The van der Waals surface area contributed by atoms with Crippen LogP contribution in [0.5, 0.6) is 0 Å². The van der Waals surface area contributed by atoms with Gasteiger partial charge in [-0.25, -0.2) is 0 Å². The zero-order valence-corrected chi connectivity index (χ0v) is 12.9. The highest BCUT2D eigenvalue weighted by Crippen LogP contribution is 2.47. The molecule has 100 valence electrons. The quantitative estimate of drug-likeness (QED) is 0.692. The summed E-state index contributed by atoms with van der Waals surface area (Å²) in [4.78, 5) is 2.68. The first-order valence-electron chi connectivity index (χ1n) is 7.23. The van der Waals surface area contributed by atoms with Crippen molar-refractivity contribution in [1.82, 2.24) is 4.90 Å². The molecule has 2 fully saturated rings. The van der Waals surface area contributed by atoms with Crippen LogP contribution in [-0.2, 0) is 0 Å². The Bertz CT molecular complexity index is 238. The molecular weight excluding hydrogens is 226 g/mol. The molecule has 0 aromatic heterocycles. The Labute approximate surface area is 112 Å². The molecule has 1 aliphatic carbocycles. The van der Waals surface area contributed by atoms with Crippen LogP contribution in [-0.4, -0.2) is 35.0 Å². The van der Waals surface area contributed by atoms with Gasteiger partial charge in [-0.1, -0.05) is 0 Å². The Kier molecular flexibility index (Phi) is 4.14. The minimum Gasteiger partial charge on any atom is -0.298 e. The Balaban J connectivity index is 1.87. The zero-order valence-electron chi connectivity index (χ0n) is 12.1. The molecule has 1 heterocycles. The van der Waals surface area contributed by atoms with Crippen molar-refractivity contribution in [2.75, 3.05) is 19.3 Å². The third-order valence-electron chi connectivity index (χ3n) is 5.10. The van der Waals surface area contributed by atoms with Crippen LogP contribution < -0.4 is 0 Å². The maximum Gasteiger partial charge on any atom is 0.0125 e. The predicted octanol–water partition coefficient (Wildman–Crippen LogP) is 4.17. The molecule has 0 bridgehead atoms. The van der Waals surface area contributed by atoms with Gasteiger partial charge in [-0.2, -0.15) is 11.8 Å². The van der Waals surface area contributed by atoms with E-state index in [0.29, 0.717) is 5.54 Å². The highest BCUT2D eigenvalue weighted by Gasteiger charge is 2.39. The third kappa shape index (κ3) is 3.20. The third-order valence-corrected chi connectivity index (χ3v) is 6.24. The van der Waals surface area contributed by atoms with E-state index in [1.807, 2.05) is 0 Å². The summed E-state index contributed by atoms with van der Waals surface area (Å²) in [6, 6.07) is 0. The predicted molar refractivity (Wildman–Crippen MR) is 78.8 cm³/mol. The lowest BCUT2D eigenvalue weighted by Crippen LogP contribution is -2.49. The standard InChI is InChI=1S/C15H29NS/c1-14(2,3)16-11-9-15(10-12-16)7-5-13(17-4)6-8-15/h13H,5-12H2,1-4H3. The second kappa shape index (κ2) is 5.13. The second-order valence-electron chi connectivity index (χ2n) is 7.09. The number of hydrogen-bond donors (Lipinski definition) is 0. The van der Waals surface area contributed by atoms with Crippen molar-refractivity contribution >= 4 is 11.8 Å². The summed E-state index contributed by atoms with van der Waals surface area (Å²) in [6.45, 7) is 9.72. The van der Waals surface area contributed by atoms with Crippen LogP contribution in [0.1, 0.15) is 59.3 Å². The lowest BCUT2D eigenvalue weighted by atomic mass is 9.67. The molecule has 0 atom stereocenters. The zero-order chi connectivity index (χ0) is 12.5. The largest absolute Gasteiger partial charge is 0.298 e. The van der Waals surface area contributed by atoms with Gasteiger partial charge in [-0.15, -0.1) is 0 Å². The molecule has 0 unspecified atom stereocenters. The Morgan fingerprint density at radius 1 is 1.00 bits per heavy atom. The number of likely N-dealkylation sites (tertiary alicyclic amines) is 1. The van der Waals surface area contributed by atoms with Crippen molar-refractivity contribution in [3.05, 3.63) is 0 Å². The van der Waals surface area contributed by atoms with Crippen molar-refractivity contribution < 1.29 is 0 Å². The highest BCUT2D eigenvalue weighted by atomic mass is 32.2.